The van der Waals surface area contributed by atoms with Crippen LogP contribution in [0.5, 0.6) is 5.75 Å². The Morgan fingerprint density at radius 3 is 2.45 bits per heavy atom. The van der Waals surface area contributed by atoms with Crippen LogP contribution in [0.25, 0.3) is 5.57 Å². The van der Waals surface area contributed by atoms with Gasteiger partial charge in [-0.3, -0.25) is 0 Å². The zero-order chi connectivity index (χ0) is 14.7. The number of rotatable bonds is 3. The molecule has 0 saturated heterocycles. The molecule has 0 spiro atoms. The third kappa shape index (κ3) is 3.40. The minimum atomic E-state index is 0. The van der Waals surface area contributed by atoms with Crippen molar-refractivity contribution in [2.75, 3.05) is 20.6 Å². The highest BCUT2D eigenvalue weighted by Crippen LogP contribution is 2.36. The van der Waals surface area contributed by atoms with E-state index in [1.54, 1.807) is 0 Å². The lowest BCUT2D eigenvalue weighted by Crippen LogP contribution is -2.12. The van der Waals surface area contributed by atoms with Crippen LogP contribution in [0.3, 0.4) is 0 Å². The standard InChI is InChI=1S/C19H21NO.CH4/c1-20(2)13-7-11-17-16-9-4-3-8-15(16)14-21-19-12-6-5-10-18(17)19;/h3-6,8-12H,7,13-14H2,1-2H3;1H4/b17-11+;. The second-order valence-corrected chi connectivity index (χ2v) is 5.65. The summed E-state index contributed by atoms with van der Waals surface area (Å²) in [7, 11) is 4.22. The lowest BCUT2D eigenvalue weighted by atomic mass is 9.93. The maximum Gasteiger partial charge on any atom is 0.127 e. The van der Waals surface area contributed by atoms with Crippen molar-refractivity contribution in [2.24, 2.45) is 0 Å². The summed E-state index contributed by atoms with van der Waals surface area (Å²) >= 11 is 0. The molecule has 0 aromatic heterocycles. The molecule has 0 amide bonds. The minimum Gasteiger partial charge on any atom is -0.488 e. The summed E-state index contributed by atoms with van der Waals surface area (Å²) < 4.78 is 5.98. The van der Waals surface area contributed by atoms with Crippen molar-refractivity contribution in [1.82, 2.24) is 4.90 Å². The molecule has 0 bridgehead atoms. The maximum atomic E-state index is 5.98. The van der Waals surface area contributed by atoms with Gasteiger partial charge in [-0.25, -0.2) is 0 Å². The van der Waals surface area contributed by atoms with Gasteiger partial charge in [0.15, 0.2) is 0 Å². The third-order valence-electron chi connectivity index (χ3n) is 3.79. The molecule has 0 fully saturated rings. The fourth-order valence-electron chi connectivity index (χ4n) is 2.71. The Balaban J connectivity index is 0.00000176. The van der Waals surface area contributed by atoms with Crippen LogP contribution in [-0.2, 0) is 6.61 Å². The number of hydrogen-bond acceptors (Lipinski definition) is 2. The Morgan fingerprint density at radius 2 is 1.68 bits per heavy atom. The van der Waals surface area contributed by atoms with Gasteiger partial charge in [0.05, 0.1) is 0 Å². The Kier molecular flexibility index (Phi) is 5.40. The van der Waals surface area contributed by atoms with Crippen LogP contribution in [0.4, 0.5) is 0 Å². The van der Waals surface area contributed by atoms with Gasteiger partial charge in [-0.2, -0.15) is 0 Å². The van der Waals surface area contributed by atoms with Gasteiger partial charge in [0.2, 0.25) is 0 Å². The fourth-order valence-corrected chi connectivity index (χ4v) is 2.71. The van der Waals surface area contributed by atoms with Crippen LogP contribution in [-0.4, -0.2) is 25.5 Å². The molecule has 22 heavy (non-hydrogen) atoms. The lowest BCUT2D eigenvalue weighted by molar-refractivity contribution is 0.307. The fraction of sp³-hybridized carbons (Fsp3) is 0.300. The van der Waals surface area contributed by atoms with Gasteiger partial charge in [0.1, 0.15) is 12.4 Å². The van der Waals surface area contributed by atoms with E-state index in [9.17, 15) is 0 Å². The van der Waals surface area contributed by atoms with Gasteiger partial charge >= 0.3 is 0 Å². The lowest BCUT2D eigenvalue weighted by Gasteiger charge is -2.12. The molecule has 1 aliphatic rings. The molecule has 2 heteroatoms. The van der Waals surface area contributed by atoms with E-state index in [1.807, 2.05) is 6.07 Å². The van der Waals surface area contributed by atoms with E-state index in [2.05, 4.69) is 67.5 Å². The van der Waals surface area contributed by atoms with Crippen molar-refractivity contribution in [3.8, 4) is 5.75 Å². The average molecular weight is 295 g/mol. The molecule has 0 N–H and O–H groups in total. The van der Waals surface area contributed by atoms with Crippen LogP contribution >= 0.6 is 0 Å². The first-order chi connectivity index (χ1) is 10.3. The second kappa shape index (κ2) is 7.28. The van der Waals surface area contributed by atoms with E-state index in [1.165, 1.54) is 22.3 Å². The summed E-state index contributed by atoms with van der Waals surface area (Å²) in [4.78, 5) is 2.21. The number of nitrogens with zero attached hydrogens (tertiary/aromatic N) is 1. The van der Waals surface area contributed by atoms with Crippen LogP contribution in [0.1, 0.15) is 30.5 Å². The Hall–Kier alpha value is -2.06. The Labute approximate surface area is 134 Å². The molecule has 2 nitrogen and oxygen atoms in total. The summed E-state index contributed by atoms with van der Waals surface area (Å²) in [5.74, 6) is 0.977. The first-order valence-corrected chi connectivity index (χ1v) is 7.41. The van der Waals surface area contributed by atoms with E-state index in [0.717, 1.165) is 18.7 Å². The van der Waals surface area contributed by atoms with Gasteiger partial charge in [0, 0.05) is 12.1 Å². The van der Waals surface area contributed by atoms with Crippen LogP contribution in [0, 0.1) is 0 Å². The molecule has 0 radical (unpaired) electrons. The number of benzene rings is 2. The van der Waals surface area contributed by atoms with E-state index in [4.69, 9.17) is 4.74 Å². The first kappa shape index (κ1) is 16.3. The second-order valence-electron chi connectivity index (χ2n) is 5.65. The minimum absolute atomic E-state index is 0. The molecular formula is C20H25NO. The average Bonchev–Trinajstić information content (AvgIpc) is 2.65. The monoisotopic (exact) mass is 295 g/mol. The Bertz CT molecular complexity index is 609. The first-order valence-electron chi connectivity index (χ1n) is 7.41. The normalized spacial score (nSPS) is 14.6. The van der Waals surface area contributed by atoms with E-state index in [0.29, 0.717) is 6.61 Å². The SMILES string of the molecule is C.CN(C)CC/C=C1\c2ccccc2COc2ccccc21. The van der Waals surface area contributed by atoms with Crippen molar-refractivity contribution in [1.29, 1.82) is 0 Å². The smallest absolute Gasteiger partial charge is 0.127 e. The maximum absolute atomic E-state index is 5.98. The van der Waals surface area contributed by atoms with Crippen LogP contribution in [0.2, 0.25) is 0 Å². The molecular weight excluding hydrogens is 270 g/mol. The van der Waals surface area contributed by atoms with Gasteiger partial charge in [-0.05, 0) is 43.3 Å². The van der Waals surface area contributed by atoms with Crippen molar-refractivity contribution >= 4 is 5.57 Å². The van der Waals surface area contributed by atoms with Gasteiger partial charge in [-0.15, -0.1) is 0 Å². The highest BCUT2D eigenvalue weighted by molar-refractivity contribution is 5.84. The summed E-state index contributed by atoms with van der Waals surface area (Å²) in [6, 6.07) is 16.9. The van der Waals surface area contributed by atoms with Gasteiger partial charge in [-0.1, -0.05) is 56.0 Å². The van der Waals surface area contributed by atoms with Crippen molar-refractivity contribution in [3.05, 3.63) is 71.3 Å². The van der Waals surface area contributed by atoms with E-state index >= 15 is 0 Å². The van der Waals surface area contributed by atoms with Crippen molar-refractivity contribution in [2.45, 2.75) is 20.5 Å². The molecule has 116 valence electrons. The molecule has 3 rings (SSSR count). The van der Waals surface area contributed by atoms with E-state index in [-0.39, 0.29) is 7.43 Å². The third-order valence-corrected chi connectivity index (χ3v) is 3.79. The largest absolute Gasteiger partial charge is 0.488 e. The van der Waals surface area contributed by atoms with Crippen LogP contribution in [0.15, 0.2) is 54.6 Å². The molecule has 0 unspecified atom stereocenters. The summed E-state index contributed by atoms with van der Waals surface area (Å²) in [6.45, 7) is 1.69. The summed E-state index contributed by atoms with van der Waals surface area (Å²) in [6.07, 6.45) is 3.37. The van der Waals surface area contributed by atoms with Crippen molar-refractivity contribution < 1.29 is 4.74 Å². The number of ether oxygens (including phenoxy) is 1. The molecule has 2 aromatic rings. The number of para-hydroxylation sites is 1. The van der Waals surface area contributed by atoms with Crippen molar-refractivity contribution in [3.63, 3.8) is 0 Å². The number of fused-ring (bicyclic) bond motifs is 2. The zero-order valence-corrected chi connectivity index (χ0v) is 12.7. The molecule has 2 aromatic carbocycles. The van der Waals surface area contributed by atoms with E-state index < -0.39 is 0 Å². The van der Waals surface area contributed by atoms with Gasteiger partial charge < -0.3 is 9.64 Å². The van der Waals surface area contributed by atoms with Crippen LogP contribution < -0.4 is 4.74 Å². The summed E-state index contributed by atoms with van der Waals surface area (Å²) in [5, 5.41) is 0. The Morgan fingerprint density at radius 1 is 1.00 bits per heavy atom. The molecule has 1 heterocycles. The molecule has 0 aliphatic carbocycles. The topological polar surface area (TPSA) is 12.5 Å². The quantitative estimate of drug-likeness (QED) is 0.820. The highest BCUT2D eigenvalue weighted by atomic mass is 16.5. The molecule has 1 aliphatic heterocycles. The predicted molar refractivity (Wildman–Crippen MR) is 94.2 cm³/mol. The highest BCUT2D eigenvalue weighted by Gasteiger charge is 2.17. The predicted octanol–water partition coefficient (Wildman–Crippen LogP) is 4.60. The zero-order valence-electron chi connectivity index (χ0n) is 12.7. The molecule has 0 atom stereocenters. The molecule has 0 saturated carbocycles. The van der Waals surface area contributed by atoms with Gasteiger partial charge in [0.25, 0.3) is 0 Å². The summed E-state index contributed by atoms with van der Waals surface area (Å²) in [5.41, 5.74) is 5.03. The number of hydrogen-bond donors (Lipinski definition) is 0.